The van der Waals surface area contributed by atoms with E-state index in [-0.39, 0.29) is 24.2 Å². The molecule has 0 saturated heterocycles. The summed E-state index contributed by atoms with van der Waals surface area (Å²) in [5.74, 6) is -0.695. The van der Waals surface area contributed by atoms with Gasteiger partial charge in [0.1, 0.15) is 11.2 Å². The Morgan fingerprint density at radius 2 is 2.26 bits per heavy atom. The van der Waals surface area contributed by atoms with Crippen LogP contribution in [0.1, 0.15) is 30.6 Å². The molecule has 2 heterocycles. The molecule has 10 heteroatoms. The Morgan fingerprint density at radius 1 is 1.52 bits per heavy atom. The first kappa shape index (κ1) is 19.8. The van der Waals surface area contributed by atoms with Crippen LogP contribution in [0.2, 0.25) is 0 Å². The molecule has 2 rings (SSSR count). The minimum Gasteiger partial charge on any atom is -0.411 e. The van der Waals surface area contributed by atoms with Gasteiger partial charge in [-0.2, -0.15) is 0 Å². The van der Waals surface area contributed by atoms with Crippen molar-refractivity contribution in [2.24, 2.45) is 5.16 Å². The zero-order valence-electron chi connectivity index (χ0n) is 14.8. The molecule has 142 valence electrons. The molecule has 2 N–H and O–H groups in total. The minimum atomic E-state index is -0.910. The molecule has 10 nitrogen and oxygen atoms in total. The van der Waals surface area contributed by atoms with Gasteiger partial charge in [-0.1, -0.05) is 18.1 Å². The number of hydrogen-bond acceptors (Lipinski definition) is 7. The molecular formula is C17H19N5O5. The van der Waals surface area contributed by atoms with E-state index in [0.717, 1.165) is 0 Å². The van der Waals surface area contributed by atoms with Crippen molar-refractivity contribution < 1.29 is 14.9 Å². The fourth-order valence-corrected chi connectivity index (χ4v) is 2.56. The second-order valence-electron chi connectivity index (χ2n) is 5.78. The van der Waals surface area contributed by atoms with Gasteiger partial charge in [0.15, 0.2) is 0 Å². The van der Waals surface area contributed by atoms with E-state index in [4.69, 9.17) is 5.21 Å². The van der Waals surface area contributed by atoms with Gasteiger partial charge in [-0.3, -0.25) is 24.1 Å². The number of nitro groups is 1. The highest BCUT2D eigenvalue weighted by Gasteiger charge is 2.20. The maximum atomic E-state index is 12.4. The fourth-order valence-electron chi connectivity index (χ4n) is 2.56. The van der Waals surface area contributed by atoms with Crippen molar-refractivity contribution in [1.29, 1.82) is 0 Å². The molecule has 1 amide bonds. The molecule has 0 aromatic carbocycles. The maximum absolute atomic E-state index is 12.4. The Morgan fingerprint density at radius 3 is 2.89 bits per heavy atom. The second-order valence-corrected chi connectivity index (χ2v) is 5.78. The van der Waals surface area contributed by atoms with Crippen molar-refractivity contribution in [2.45, 2.75) is 26.3 Å². The molecule has 2 aromatic heterocycles. The largest absolute Gasteiger partial charge is 0.411 e. The Kier molecular flexibility index (Phi) is 6.36. The first-order valence-electron chi connectivity index (χ1n) is 8.16. The lowest BCUT2D eigenvalue weighted by molar-refractivity contribution is -0.512. The summed E-state index contributed by atoms with van der Waals surface area (Å²) < 4.78 is 1.24. The smallest absolute Gasteiger partial charge is 0.270 e. The Bertz CT molecular complexity index is 979. The SMILES string of the molecule is CCC(C(C)=CC(CNC(=O)c1cnc2ccccn2c1=O)=NO)[N+](=O)[O-]. The third-order valence-corrected chi connectivity index (χ3v) is 3.98. The molecule has 27 heavy (non-hydrogen) atoms. The number of aromatic nitrogens is 2. The molecule has 1 unspecified atom stereocenters. The lowest BCUT2D eigenvalue weighted by Gasteiger charge is -2.09. The summed E-state index contributed by atoms with van der Waals surface area (Å²) in [6, 6.07) is 4.08. The topological polar surface area (TPSA) is 139 Å². The zero-order valence-corrected chi connectivity index (χ0v) is 14.8. The van der Waals surface area contributed by atoms with Gasteiger partial charge in [-0.25, -0.2) is 4.98 Å². The highest BCUT2D eigenvalue weighted by atomic mass is 16.6. The highest BCUT2D eigenvalue weighted by Crippen LogP contribution is 2.09. The van der Waals surface area contributed by atoms with Crippen molar-refractivity contribution in [1.82, 2.24) is 14.7 Å². The molecule has 0 aliphatic carbocycles. The van der Waals surface area contributed by atoms with E-state index in [1.54, 1.807) is 32.0 Å². The van der Waals surface area contributed by atoms with Crippen molar-refractivity contribution >= 4 is 17.3 Å². The first-order chi connectivity index (χ1) is 12.9. The molecule has 0 fully saturated rings. The predicted molar refractivity (Wildman–Crippen MR) is 97.8 cm³/mol. The summed E-state index contributed by atoms with van der Waals surface area (Å²) in [7, 11) is 0. The van der Waals surface area contributed by atoms with Gasteiger partial charge in [-0.05, 0) is 25.1 Å². The number of carbonyl (C=O) groups excluding carboxylic acids is 1. The Balaban J connectivity index is 2.15. The number of pyridine rings is 1. The van der Waals surface area contributed by atoms with Crippen molar-refractivity contribution in [2.75, 3.05) is 6.54 Å². The number of rotatable bonds is 7. The van der Waals surface area contributed by atoms with Gasteiger partial charge in [0, 0.05) is 29.3 Å². The highest BCUT2D eigenvalue weighted by molar-refractivity contribution is 6.01. The van der Waals surface area contributed by atoms with Crippen LogP contribution in [0.25, 0.3) is 5.65 Å². The van der Waals surface area contributed by atoms with E-state index in [9.17, 15) is 19.7 Å². The summed E-state index contributed by atoms with van der Waals surface area (Å²) in [6.45, 7) is 3.00. The molecule has 1 atom stereocenters. The van der Waals surface area contributed by atoms with Gasteiger partial charge in [0.25, 0.3) is 11.5 Å². The number of nitrogens with zero attached hydrogens (tertiary/aromatic N) is 4. The number of fused-ring (bicyclic) bond motifs is 1. The van der Waals surface area contributed by atoms with E-state index < -0.39 is 22.4 Å². The average Bonchev–Trinajstić information content (AvgIpc) is 2.65. The lowest BCUT2D eigenvalue weighted by atomic mass is 10.1. The van der Waals surface area contributed by atoms with Gasteiger partial charge in [0.2, 0.25) is 6.04 Å². The second kappa shape index (κ2) is 8.70. The summed E-state index contributed by atoms with van der Waals surface area (Å²) in [4.78, 5) is 39.2. The van der Waals surface area contributed by atoms with Crippen LogP contribution >= 0.6 is 0 Å². The molecule has 0 aliphatic rings. The number of hydrogen-bond donors (Lipinski definition) is 2. The summed E-state index contributed by atoms with van der Waals surface area (Å²) >= 11 is 0. The standard InChI is InChI=1S/C17H19N5O5/c1-3-14(22(26)27)11(2)8-12(20-25)9-19-16(23)13-10-18-15-6-4-5-7-21(15)17(13)24/h4-8,10,14,25H,3,9H2,1-2H3,(H,19,23). The van der Waals surface area contributed by atoms with Crippen molar-refractivity contribution in [3.05, 3.63) is 68.3 Å². The summed E-state index contributed by atoms with van der Waals surface area (Å²) in [6.07, 6.45) is 4.28. The third kappa shape index (κ3) is 4.54. The van der Waals surface area contributed by atoms with E-state index in [0.29, 0.717) is 11.2 Å². The normalized spacial score (nSPS) is 13.4. The zero-order chi connectivity index (χ0) is 20.0. The van der Waals surface area contributed by atoms with Gasteiger partial charge < -0.3 is 10.5 Å². The van der Waals surface area contributed by atoms with Crippen LogP contribution < -0.4 is 10.9 Å². The quantitative estimate of drug-likeness (QED) is 0.324. The van der Waals surface area contributed by atoms with E-state index >= 15 is 0 Å². The first-order valence-corrected chi connectivity index (χ1v) is 8.16. The van der Waals surface area contributed by atoms with Crippen LogP contribution in [0.3, 0.4) is 0 Å². The Hall–Kier alpha value is -3.56. The number of carbonyl (C=O) groups is 1. The molecule has 0 radical (unpaired) electrons. The number of amides is 1. The van der Waals surface area contributed by atoms with Gasteiger partial charge in [-0.15, -0.1) is 0 Å². The molecule has 0 bridgehead atoms. The summed E-state index contributed by atoms with van der Waals surface area (Å²) in [5, 5.41) is 25.6. The van der Waals surface area contributed by atoms with E-state index in [1.165, 1.54) is 22.9 Å². The van der Waals surface area contributed by atoms with Gasteiger partial charge in [0.05, 0.1) is 12.3 Å². The van der Waals surface area contributed by atoms with E-state index in [1.807, 2.05) is 0 Å². The Labute approximate surface area is 154 Å². The minimum absolute atomic E-state index is 0.0231. The molecule has 0 aliphatic heterocycles. The van der Waals surface area contributed by atoms with Crippen LogP contribution in [-0.2, 0) is 0 Å². The average molecular weight is 373 g/mol. The van der Waals surface area contributed by atoms with Crippen LogP contribution in [-0.4, -0.2) is 43.7 Å². The lowest BCUT2D eigenvalue weighted by Crippen LogP contribution is -2.34. The maximum Gasteiger partial charge on any atom is 0.270 e. The molecule has 0 spiro atoms. The number of nitrogens with one attached hydrogen (secondary N) is 1. The monoisotopic (exact) mass is 373 g/mol. The van der Waals surface area contributed by atoms with Crippen molar-refractivity contribution in [3.8, 4) is 0 Å². The van der Waals surface area contributed by atoms with Crippen molar-refractivity contribution in [3.63, 3.8) is 0 Å². The van der Waals surface area contributed by atoms with Crippen LogP contribution in [0.15, 0.2) is 52.2 Å². The molecule has 2 aromatic rings. The van der Waals surface area contributed by atoms with Crippen LogP contribution in [0, 0.1) is 10.1 Å². The number of oxime groups is 1. The van der Waals surface area contributed by atoms with Crippen LogP contribution in [0.5, 0.6) is 0 Å². The molecule has 0 saturated carbocycles. The van der Waals surface area contributed by atoms with Gasteiger partial charge >= 0.3 is 0 Å². The third-order valence-electron chi connectivity index (χ3n) is 3.98. The van der Waals surface area contributed by atoms with E-state index in [2.05, 4.69) is 15.5 Å². The summed E-state index contributed by atoms with van der Waals surface area (Å²) in [5.41, 5.74) is 0.104. The fraction of sp³-hybridized carbons (Fsp3) is 0.294. The van der Waals surface area contributed by atoms with Crippen LogP contribution in [0.4, 0.5) is 0 Å². The molecular weight excluding hydrogens is 354 g/mol. The predicted octanol–water partition coefficient (Wildman–Crippen LogP) is 1.26.